The monoisotopic (exact) mass is 402 g/mol. The van der Waals surface area contributed by atoms with Crippen LogP contribution in [-0.2, 0) is 4.74 Å². The molecule has 0 radical (unpaired) electrons. The van der Waals surface area contributed by atoms with Crippen LogP contribution in [0.1, 0.15) is 56.0 Å². The molecule has 0 saturated heterocycles. The lowest BCUT2D eigenvalue weighted by Gasteiger charge is -2.57. The fourth-order valence-corrected chi connectivity index (χ4v) is 6.30. The molecule has 1 aromatic rings. The molecule has 4 rings (SSSR count). The zero-order valence-electron chi connectivity index (χ0n) is 17.4. The van der Waals surface area contributed by atoms with Crippen molar-refractivity contribution >= 4 is 5.97 Å². The second-order valence-corrected chi connectivity index (χ2v) is 10.1. The molecule has 5 atom stereocenters. The van der Waals surface area contributed by atoms with Gasteiger partial charge in [0.2, 0.25) is 0 Å². The number of rotatable bonds is 3. The van der Waals surface area contributed by atoms with E-state index in [0.29, 0.717) is 17.6 Å². The highest BCUT2D eigenvalue weighted by Gasteiger charge is 2.63. The number of phenolic OH excluding ortho intramolecular Hbond substituents is 2. The first-order valence-corrected chi connectivity index (χ1v) is 10.2. The number of aliphatic hydroxyl groups is 2. The van der Waals surface area contributed by atoms with Crippen molar-refractivity contribution in [1.82, 2.24) is 0 Å². The zero-order valence-corrected chi connectivity index (χ0v) is 17.4. The molecular weight excluding hydrogens is 372 g/mol. The molecule has 6 heteroatoms. The van der Waals surface area contributed by atoms with Crippen molar-refractivity contribution in [2.24, 2.45) is 22.7 Å². The quantitative estimate of drug-likeness (QED) is 0.457. The van der Waals surface area contributed by atoms with Crippen molar-refractivity contribution in [3.63, 3.8) is 0 Å². The van der Waals surface area contributed by atoms with Crippen LogP contribution >= 0.6 is 0 Å². The molecule has 0 aliphatic heterocycles. The van der Waals surface area contributed by atoms with Crippen molar-refractivity contribution in [3.8, 4) is 11.5 Å². The Morgan fingerprint density at radius 1 is 1.17 bits per heavy atom. The summed E-state index contributed by atoms with van der Waals surface area (Å²) in [5.41, 5.74) is 1.81. The molecule has 0 heterocycles. The number of fused-ring (bicyclic) bond motifs is 3. The maximum absolute atomic E-state index is 12.8. The maximum atomic E-state index is 12.8. The number of esters is 1. The normalized spacial score (nSPS) is 35.0. The summed E-state index contributed by atoms with van der Waals surface area (Å²) in [4.78, 5) is 12.8. The first-order valence-electron chi connectivity index (χ1n) is 10.2. The zero-order chi connectivity index (χ0) is 21.3. The van der Waals surface area contributed by atoms with Gasteiger partial charge in [-0.2, -0.15) is 0 Å². The molecule has 29 heavy (non-hydrogen) atoms. The Balaban J connectivity index is 1.64. The number of carbonyl (C=O) groups is 1. The van der Waals surface area contributed by atoms with Crippen molar-refractivity contribution in [2.45, 2.75) is 59.2 Å². The highest BCUT2D eigenvalue weighted by Crippen LogP contribution is 2.66. The summed E-state index contributed by atoms with van der Waals surface area (Å²) in [6.45, 7) is 7.94. The van der Waals surface area contributed by atoms with Gasteiger partial charge < -0.3 is 25.2 Å². The van der Waals surface area contributed by atoms with Crippen LogP contribution in [0.15, 0.2) is 23.3 Å². The molecule has 0 amide bonds. The Morgan fingerprint density at radius 3 is 2.48 bits per heavy atom. The summed E-state index contributed by atoms with van der Waals surface area (Å²) < 4.78 is 5.73. The van der Waals surface area contributed by atoms with Gasteiger partial charge in [0.05, 0.1) is 12.7 Å². The van der Waals surface area contributed by atoms with Crippen LogP contribution in [-0.4, -0.2) is 45.2 Å². The fraction of sp³-hybridized carbons (Fsp3) is 0.609. The molecule has 5 unspecified atom stereocenters. The standard InChI is InChI=1S/C23H30O6/c1-11-5-12(25)6-16(26)18(11)21(28)29-17-9-23(4)15-8-22(2,3)7-13(15)20(27)14(10-24)19(17)23/h5-6,13,15,17,20,24-27H,7-10H2,1-4H3. The Hall–Kier alpha value is -2.05. The van der Waals surface area contributed by atoms with Crippen molar-refractivity contribution in [1.29, 1.82) is 0 Å². The molecule has 0 aromatic heterocycles. The third-order valence-electron chi connectivity index (χ3n) is 7.47. The van der Waals surface area contributed by atoms with Crippen LogP contribution in [0, 0.1) is 29.6 Å². The van der Waals surface area contributed by atoms with Gasteiger partial charge in [0.15, 0.2) is 0 Å². The second-order valence-electron chi connectivity index (χ2n) is 10.1. The van der Waals surface area contributed by atoms with Gasteiger partial charge in [0.25, 0.3) is 0 Å². The molecule has 4 N–H and O–H groups in total. The van der Waals surface area contributed by atoms with Gasteiger partial charge in [0.1, 0.15) is 23.2 Å². The van der Waals surface area contributed by atoms with Crippen molar-refractivity contribution in [3.05, 3.63) is 34.4 Å². The number of aliphatic hydroxyl groups excluding tert-OH is 2. The molecule has 6 nitrogen and oxygen atoms in total. The molecule has 2 saturated carbocycles. The van der Waals surface area contributed by atoms with Gasteiger partial charge >= 0.3 is 5.97 Å². The molecule has 2 fully saturated rings. The fourth-order valence-electron chi connectivity index (χ4n) is 6.30. The van der Waals surface area contributed by atoms with Crippen molar-refractivity contribution in [2.75, 3.05) is 6.61 Å². The van der Waals surface area contributed by atoms with E-state index in [1.54, 1.807) is 6.92 Å². The minimum atomic E-state index is -0.722. The van der Waals surface area contributed by atoms with Crippen LogP contribution in [0.2, 0.25) is 0 Å². The number of hydrogen-bond acceptors (Lipinski definition) is 6. The van der Waals surface area contributed by atoms with Gasteiger partial charge in [-0.15, -0.1) is 0 Å². The van der Waals surface area contributed by atoms with E-state index in [4.69, 9.17) is 4.74 Å². The average molecular weight is 402 g/mol. The van der Waals surface area contributed by atoms with E-state index in [-0.39, 0.29) is 46.3 Å². The van der Waals surface area contributed by atoms with E-state index in [0.717, 1.165) is 24.5 Å². The minimum absolute atomic E-state index is 0.0267. The SMILES string of the molecule is Cc1cc(O)cc(O)c1C(=O)OC1CC2(C)C1=C(CO)C(O)C1CC(C)(C)CC12. The first kappa shape index (κ1) is 20.2. The predicted molar refractivity (Wildman–Crippen MR) is 107 cm³/mol. The van der Waals surface area contributed by atoms with Gasteiger partial charge in [-0.3, -0.25) is 0 Å². The topological polar surface area (TPSA) is 107 Å². The van der Waals surface area contributed by atoms with E-state index < -0.39 is 18.2 Å². The van der Waals surface area contributed by atoms with E-state index in [1.807, 2.05) is 0 Å². The van der Waals surface area contributed by atoms with Gasteiger partial charge in [0, 0.05) is 6.07 Å². The van der Waals surface area contributed by atoms with Crippen LogP contribution in [0.25, 0.3) is 0 Å². The van der Waals surface area contributed by atoms with Crippen LogP contribution in [0.4, 0.5) is 0 Å². The molecule has 3 aliphatic carbocycles. The number of aryl methyl sites for hydroxylation is 1. The summed E-state index contributed by atoms with van der Waals surface area (Å²) in [5.74, 6) is -0.715. The number of phenols is 2. The summed E-state index contributed by atoms with van der Waals surface area (Å²) in [6, 6.07) is 2.51. The summed E-state index contributed by atoms with van der Waals surface area (Å²) in [6.07, 6.45) is 1.29. The highest BCUT2D eigenvalue weighted by atomic mass is 16.5. The van der Waals surface area contributed by atoms with Crippen molar-refractivity contribution < 1.29 is 30.0 Å². The van der Waals surface area contributed by atoms with Crippen LogP contribution in [0.5, 0.6) is 11.5 Å². The van der Waals surface area contributed by atoms with Gasteiger partial charge in [-0.1, -0.05) is 20.8 Å². The largest absolute Gasteiger partial charge is 0.508 e. The number of benzene rings is 1. The smallest absolute Gasteiger partial charge is 0.342 e. The van der Waals surface area contributed by atoms with E-state index >= 15 is 0 Å². The number of ether oxygens (including phenoxy) is 1. The second kappa shape index (κ2) is 6.47. The van der Waals surface area contributed by atoms with Gasteiger partial charge in [-0.05, 0) is 71.6 Å². The predicted octanol–water partition coefficient (Wildman–Crippen LogP) is 3.06. The highest BCUT2D eigenvalue weighted by molar-refractivity contribution is 5.94. The Bertz CT molecular complexity index is 878. The Morgan fingerprint density at radius 2 is 1.86 bits per heavy atom. The van der Waals surface area contributed by atoms with Gasteiger partial charge in [-0.25, -0.2) is 4.79 Å². The third kappa shape index (κ3) is 2.96. The average Bonchev–Trinajstić information content (AvgIpc) is 2.92. The molecule has 158 valence electrons. The number of aromatic hydroxyl groups is 2. The number of carbonyl (C=O) groups excluding carboxylic acids is 1. The summed E-state index contributed by atoms with van der Waals surface area (Å²) in [5, 5.41) is 40.7. The Kier molecular flexibility index (Phi) is 4.52. The Labute approximate surface area is 170 Å². The first-order chi connectivity index (χ1) is 13.5. The summed E-state index contributed by atoms with van der Waals surface area (Å²) >= 11 is 0. The third-order valence-corrected chi connectivity index (χ3v) is 7.47. The van der Waals surface area contributed by atoms with E-state index in [2.05, 4.69) is 20.8 Å². The lowest BCUT2D eigenvalue weighted by molar-refractivity contribution is -0.0571. The lowest BCUT2D eigenvalue weighted by atomic mass is 9.49. The molecule has 0 spiro atoms. The number of hydrogen-bond donors (Lipinski definition) is 4. The lowest BCUT2D eigenvalue weighted by Crippen LogP contribution is -2.56. The van der Waals surface area contributed by atoms with Crippen LogP contribution in [0.3, 0.4) is 0 Å². The summed E-state index contributed by atoms with van der Waals surface area (Å²) in [7, 11) is 0. The molecule has 1 aromatic carbocycles. The molecular formula is C23H30O6. The van der Waals surface area contributed by atoms with Crippen LogP contribution < -0.4 is 0 Å². The van der Waals surface area contributed by atoms with E-state index in [1.165, 1.54) is 6.07 Å². The van der Waals surface area contributed by atoms with E-state index in [9.17, 15) is 25.2 Å². The maximum Gasteiger partial charge on any atom is 0.342 e. The molecule has 3 aliphatic rings. The molecule has 0 bridgehead atoms. The minimum Gasteiger partial charge on any atom is -0.508 e.